The van der Waals surface area contributed by atoms with E-state index in [0.29, 0.717) is 5.92 Å². The zero-order chi connectivity index (χ0) is 21.2. The van der Waals surface area contributed by atoms with Gasteiger partial charge in [0.1, 0.15) is 5.82 Å². The molecule has 0 bridgehead atoms. The standard InChI is InChI=1S/C29H47F/c1-3-5-7-9-24-16-19-27(20-17-24)28-21-18-26(22-29(28)30)15-14-25-12-10-23(11-13-25)8-6-4-2/h18,21-25,27H,3-17,19-20H2,1-2H3. The molecule has 0 unspecified atom stereocenters. The predicted octanol–water partition coefficient (Wildman–Crippen LogP) is 9.61. The summed E-state index contributed by atoms with van der Waals surface area (Å²) in [5, 5.41) is 0. The summed E-state index contributed by atoms with van der Waals surface area (Å²) in [6.07, 6.45) is 22.6. The van der Waals surface area contributed by atoms with E-state index in [4.69, 9.17) is 0 Å². The molecule has 2 aliphatic rings. The van der Waals surface area contributed by atoms with Crippen LogP contribution in [-0.2, 0) is 6.42 Å². The highest BCUT2D eigenvalue weighted by Gasteiger charge is 2.24. The van der Waals surface area contributed by atoms with E-state index in [-0.39, 0.29) is 5.82 Å². The Labute approximate surface area is 186 Å². The van der Waals surface area contributed by atoms with Gasteiger partial charge in [-0.25, -0.2) is 4.39 Å². The fourth-order valence-electron chi connectivity index (χ4n) is 6.17. The van der Waals surface area contributed by atoms with Crippen LogP contribution in [0, 0.1) is 23.6 Å². The third-order valence-electron chi connectivity index (χ3n) is 8.34. The van der Waals surface area contributed by atoms with Gasteiger partial charge in [-0.15, -0.1) is 0 Å². The first-order valence-corrected chi connectivity index (χ1v) is 13.5. The Morgan fingerprint density at radius 2 is 1.27 bits per heavy atom. The van der Waals surface area contributed by atoms with Crippen LogP contribution >= 0.6 is 0 Å². The molecule has 30 heavy (non-hydrogen) atoms. The van der Waals surface area contributed by atoms with E-state index in [0.717, 1.165) is 29.7 Å². The Bertz CT molecular complexity index is 590. The van der Waals surface area contributed by atoms with E-state index in [1.165, 1.54) is 108 Å². The number of aryl methyl sites for hydroxylation is 1. The van der Waals surface area contributed by atoms with Crippen LogP contribution in [0.1, 0.15) is 134 Å². The summed E-state index contributed by atoms with van der Waals surface area (Å²) in [5.41, 5.74) is 2.22. The fourth-order valence-corrected chi connectivity index (χ4v) is 6.17. The topological polar surface area (TPSA) is 0 Å². The van der Waals surface area contributed by atoms with Crippen molar-refractivity contribution in [3.8, 4) is 0 Å². The first-order chi connectivity index (χ1) is 14.7. The number of benzene rings is 1. The van der Waals surface area contributed by atoms with Crippen LogP contribution in [-0.4, -0.2) is 0 Å². The summed E-state index contributed by atoms with van der Waals surface area (Å²) >= 11 is 0. The molecule has 0 spiro atoms. The Morgan fingerprint density at radius 1 is 0.700 bits per heavy atom. The average Bonchev–Trinajstić information content (AvgIpc) is 2.78. The molecule has 170 valence electrons. The predicted molar refractivity (Wildman–Crippen MR) is 129 cm³/mol. The molecule has 0 N–H and O–H groups in total. The third-order valence-corrected chi connectivity index (χ3v) is 8.34. The molecule has 0 atom stereocenters. The number of halogens is 1. The first-order valence-electron chi connectivity index (χ1n) is 13.5. The Balaban J connectivity index is 1.40. The molecule has 3 rings (SSSR count). The monoisotopic (exact) mass is 414 g/mol. The van der Waals surface area contributed by atoms with Gasteiger partial charge in [-0.3, -0.25) is 0 Å². The maximum atomic E-state index is 14.9. The van der Waals surface area contributed by atoms with Crippen molar-refractivity contribution in [2.75, 3.05) is 0 Å². The number of unbranched alkanes of at least 4 members (excludes halogenated alkanes) is 3. The van der Waals surface area contributed by atoms with Crippen LogP contribution in [0.25, 0.3) is 0 Å². The molecule has 0 heterocycles. The largest absolute Gasteiger partial charge is 0.207 e. The Hall–Kier alpha value is -0.850. The molecule has 0 aliphatic heterocycles. The van der Waals surface area contributed by atoms with E-state index in [2.05, 4.69) is 26.0 Å². The van der Waals surface area contributed by atoms with Gasteiger partial charge in [0.2, 0.25) is 0 Å². The van der Waals surface area contributed by atoms with Crippen LogP contribution in [0.3, 0.4) is 0 Å². The summed E-state index contributed by atoms with van der Waals surface area (Å²) in [4.78, 5) is 0. The van der Waals surface area contributed by atoms with Crippen LogP contribution in [0.15, 0.2) is 18.2 Å². The van der Waals surface area contributed by atoms with Gasteiger partial charge in [-0.2, -0.15) is 0 Å². The molecule has 2 aliphatic carbocycles. The van der Waals surface area contributed by atoms with Gasteiger partial charge in [-0.1, -0.05) is 96.6 Å². The average molecular weight is 415 g/mol. The van der Waals surface area contributed by atoms with Crippen molar-refractivity contribution in [2.45, 2.75) is 129 Å². The number of hydrogen-bond donors (Lipinski definition) is 0. The lowest BCUT2D eigenvalue weighted by molar-refractivity contribution is 0.250. The fraction of sp³-hybridized carbons (Fsp3) is 0.793. The van der Waals surface area contributed by atoms with Crippen molar-refractivity contribution >= 4 is 0 Å². The van der Waals surface area contributed by atoms with Crippen molar-refractivity contribution in [2.24, 2.45) is 17.8 Å². The van der Waals surface area contributed by atoms with Crippen molar-refractivity contribution in [3.05, 3.63) is 35.1 Å². The minimum atomic E-state index is 0.0743. The van der Waals surface area contributed by atoms with E-state index < -0.39 is 0 Å². The van der Waals surface area contributed by atoms with E-state index in [1.54, 1.807) is 0 Å². The van der Waals surface area contributed by atoms with Crippen LogP contribution < -0.4 is 0 Å². The minimum Gasteiger partial charge on any atom is -0.207 e. The molecule has 0 radical (unpaired) electrons. The lowest BCUT2D eigenvalue weighted by atomic mass is 9.76. The molecule has 1 aromatic rings. The number of hydrogen-bond acceptors (Lipinski definition) is 0. The maximum absolute atomic E-state index is 14.9. The molecule has 0 amide bonds. The summed E-state index contributed by atoms with van der Waals surface area (Å²) in [5.74, 6) is 3.28. The molecule has 0 aromatic heterocycles. The summed E-state index contributed by atoms with van der Waals surface area (Å²) in [7, 11) is 0. The third kappa shape index (κ3) is 7.38. The van der Waals surface area contributed by atoms with Crippen molar-refractivity contribution in [1.82, 2.24) is 0 Å². The van der Waals surface area contributed by atoms with Gasteiger partial charge < -0.3 is 0 Å². The SMILES string of the molecule is CCCCCC1CCC(c2ccc(CCC3CCC(CCCC)CC3)cc2F)CC1. The molecule has 2 saturated carbocycles. The Morgan fingerprint density at radius 3 is 1.87 bits per heavy atom. The lowest BCUT2D eigenvalue weighted by Gasteiger charge is -2.29. The second-order valence-electron chi connectivity index (χ2n) is 10.6. The van der Waals surface area contributed by atoms with Crippen molar-refractivity contribution in [3.63, 3.8) is 0 Å². The van der Waals surface area contributed by atoms with E-state index in [1.807, 2.05) is 6.07 Å². The molecular weight excluding hydrogens is 367 g/mol. The van der Waals surface area contributed by atoms with Gasteiger partial charge in [0.15, 0.2) is 0 Å². The number of rotatable bonds is 11. The highest BCUT2D eigenvalue weighted by molar-refractivity contribution is 5.28. The quantitative estimate of drug-likeness (QED) is 0.316. The first kappa shape index (κ1) is 23.8. The van der Waals surface area contributed by atoms with Gasteiger partial charge in [0, 0.05) is 0 Å². The van der Waals surface area contributed by atoms with Crippen LogP contribution in [0.2, 0.25) is 0 Å². The van der Waals surface area contributed by atoms with Crippen LogP contribution in [0.5, 0.6) is 0 Å². The highest BCUT2D eigenvalue weighted by Crippen LogP contribution is 2.39. The summed E-state index contributed by atoms with van der Waals surface area (Å²) < 4.78 is 14.9. The second kappa shape index (κ2) is 12.9. The molecular formula is C29H47F. The normalized spacial score (nSPS) is 27.3. The molecule has 1 aromatic carbocycles. The molecule has 1 heteroatoms. The van der Waals surface area contributed by atoms with Gasteiger partial charge in [0.05, 0.1) is 0 Å². The highest BCUT2D eigenvalue weighted by atomic mass is 19.1. The summed E-state index contributed by atoms with van der Waals surface area (Å²) in [6.45, 7) is 4.58. The molecule has 0 nitrogen and oxygen atoms in total. The second-order valence-corrected chi connectivity index (χ2v) is 10.6. The lowest BCUT2D eigenvalue weighted by Crippen LogP contribution is -2.15. The van der Waals surface area contributed by atoms with Crippen LogP contribution in [0.4, 0.5) is 4.39 Å². The smallest absolute Gasteiger partial charge is 0.126 e. The van der Waals surface area contributed by atoms with Gasteiger partial charge in [0.25, 0.3) is 0 Å². The summed E-state index contributed by atoms with van der Waals surface area (Å²) in [6, 6.07) is 6.24. The van der Waals surface area contributed by atoms with Crippen molar-refractivity contribution in [1.29, 1.82) is 0 Å². The van der Waals surface area contributed by atoms with E-state index in [9.17, 15) is 4.39 Å². The minimum absolute atomic E-state index is 0.0743. The van der Waals surface area contributed by atoms with Gasteiger partial charge >= 0.3 is 0 Å². The van der Waals surface area contributed by atoms with Crippen molar-refractivity contribution < 1.29 is 4.39 Å². The molecule has 0 saturated heterocycles. The zero-order valence-corrected chi connectivity index (χ0v) is 19.9. The van der Waals surface area contributed by atoms with E-state index >= 15 is 0 Å². The zero-order valence-electron chi connectivity index (χ0n) is 19.9. The maximum Gasteiger partial charge on any atom is 0.126 e. The molecule has 2 fully saturated rings. The van der Waals surface area contributed by atoms with Gasteiger partial charge in [-0.05, 0) is 79.4 Å². The Kier molecular flexibility index (Phi) is 10.2.